The first-order valence-electron chi connectivity index (χ1n) is 7.55. The Bertz CT molecular complexity index is 777. The van der Waals surface area contributed by atoms with Gasteiger partial charge in [0, 0.05) is 27.7 Å². The second-order valence-corrected chi connectivity index (χ2v) is 7.72. The molecule has 1 aliphatic heterocycles. The first kappa shape index (κ1) is 17.6. The number of alkyl halides is 1. The Morgan fingerprint density at radius 1 is 1.17 bits per heavy atom. The molecule has 0 saturated carbocycles. The van der Waals surface area contributed by atoms with E-state index in [1.807, 2.05) is 48.5 Å². The SMILES string of the molecule is O=C(CCCl)N1N=C(c2ccc(Br)cc2)CC1c1cccc(Br)c1. The highest BCUT2D eigenvalue weighted by Gasteiger charge is 2.32. The summed E-state index contributed by atoms with van der Waals surface area (Å²) in [6.45, 7) is 0. The molecule has 1 aliphatic rings. The highest BCUT2D eigenvalue weighted by molar-refractivity contribution is 9.10. The van der Waals surface area contributed by atoms with Crippen LogP contribution in [0.15, 0.2) is 62.6 Å². The third-order valence-electron chi connectivity index (χ3n) is 3.89. The van der Waals surface area contributed by atoms with Crippen molar-refractivity contribution in [2.75, 3.05) is 5.88 Å². The maximum absolute atomic E-state index is 12.5. The normalized spacial score (nSPS) is 17.0. The summed E-state index contributed by atoms with van der Waals surface area (Å²) in [7, 11) is 0. The highest BCUT2D eigenvalue weighted by atomic mass is 79.9. The van der Waals surface area contributed by atoms with E-state index in [2.05, 4.69) is 37.0 Å². The third kappa shape index (κ3) is 3.90. The number of amides is 1. The molecule has 2 aromatic carbocycles. The van der Waals surface area contributed by atoms with Gasteiger partial charge in [0.2, 0.25) is 5.91 Å². The zero-order valence-corrected chi connectivity index (χ0v) is 16.7. The van der Waals surface area contributed by atoms with E-state index in [-0.39, 0.29) is 18.4 Å². The largest absolute Gasteiger partial charge is 0.273 e. The lowest BCUT2D eigenvalue weighted by Crippen LogP contribution is -2.27. The number of rotatable bonds is 4. The van der Waals surface area contributed by atoms with Crippen molar-refractivity contribution < 1.29 is 4.79 Å². The van der Waals surface area contributed by atoms with Gasteiger partial charge in [-0.2, -0.15) is 5.10 Å². The van der Waals surface area contributed by atoms with Crippen LogP contribution in [0.3, 0.4) is 0 Å². The lowest BCUT2D eigenvalue weighted by molar-refractivity contribution is -0.132. The molecule has 2 aromatic rings. The number of benzene rings is 2. The van der Waals surface area contributed by atoms with Crippen LogP contribution in [-0.4, -0.2) is 22.5 Å². The summed E-state index contributed by atoms with van der Waals surface area (Å²) in [5, 5.41) is 6.19. The van der Waals surface area contributed by atoms with Gasteiger partial charge in [-0.1, -0.05) is 56.1 Å². The van der Waals surface area contributed by atoms with Gasteiger partial charge >= 0.3 is 0 Å². The summed E-state index contributed by atoms with van der Waals surface area (Å²) < 4.78 is 2.00. The van der Waals surface area contributed by atoms with Gasteiger partial charge in [0.1, 0.15) is 0 Å². The lowest BCUT2D eigenvalue weighted by Gasteiger charge is -2.22. The monoisotopic (exact) mass is 468 g/mol. The van der Waals surface area contributed by atoms with Gasteiger partial charge in [0.05, 0.1) is 11.8 Å². The average Bonchev–Trinajstić information content (AvgIpc) is 3.01. The van der Waals surface area contributed by atoms with Crippen molar-refractivity contribution in [3.8, 4) is 0 Å². The van der Waals surface area contributed by atoms with Gasteiger partial charge in [-0.25, -0.2) is 5.01 Å². The number of halogens is 3. The van der Waals surface area contributed by atoms with Crippen LogP contribution < -0.4 is 0 Å². The molecule has 6 heteroatoms. The minimum absolute atomic E-state index is 0.0536. The fourth-order valence-corrected chi connectivity index (χ4v) is 3.57. The molecule has 124 valence electrons. The maximum atomic E-state index is 12.5. The van der Waals surface area contributed by atoms with E-state index in [0.29, 0.717) is 12.3 Å². The number of hydrogen-bond acceptors (Lipinski definition) is 2. The fourth-order valence-electron chi connectivity index (χ4n) is 2.73. The molecule has 0 aromatic heterocycles. The van der Waals surface area contributed by atoms with Crippen LogP contribution in [0.5, 0.6) is 0 Å². The Labute approximate surface area is 162 Å². The molecule has 0 bridgehead atoms. The van der Waals surface area contributed by atoms with E-state index < -0.39 is 0 Å². The Kier molecular flexibility index (Phi) is 5.74. The molecule has 0 fully saturated rings. The molecular weight excluding hydrogens is 455 g/mol. The predicted octanol–water partition coefficient (Wildman–Crippen LogP) is 5.52. The average molecular weight is 471 g/mol. The summed E-state index contributed by atoms with van der Waals surface area (Å²) in [6, 6.07) is 15.9. The molecule has 0 spiro atoms. The number of nitrogens with zero attached hydrogens (tertiary/aromatic N) is 2. The van der Waals surface area contributed by atoms with Crippen LogP contribution in [0.25, 0.3) is 0 Å². The number of carbonyl (C=O) groups excluding carboxylic acids is 1. The number of carbonyl (C=O) groups is 1. The zero-order valence-electron chi connectivity index (χ0n) is 12.8. The van der Waals surface area contributed by atoms with Gasteiger partial charge in [-0.3, -0.25) is 4.79 Å². The zero-order chi connectivity index (χ0) is 17.1. The summed E-state index contributed by atoms with van der Waals surface area (Å²) in [5.41, 5.74) is 3.00. The standard InChI is InChI=1S/C18H15Br2ClN2O/c19-14-6-4-12(5-7-14)16-11-17(13-2-1-3-15(20)10-13)23(22-16)18(24)8-9-21/h1-7,10,17H,8-9,11H2. The van der Waals surface area contributed by atoms with Crippen LogP contribution >= 0.6 is 43.5 Å². The van der Waals surface area contributed by atoms with Crippen LogP contribution in [-0.2, 0) is 4.79 Å². The van der Waals surface area contributed by atoms with Gasteiger partial charge < -0.3 is 0 Å². The molecule has 1 heterocycles. The summed E-state index contributed by atoms with van der Waals surface area (Å²) >= 11 is 12.7. The van der Waals surface area contributed by atoms with Gasteiger partial charge in [-0.15, -0.1) is 11.6 Å². The smallest absolute Gasteiger partial charge is 0.244 e. The van der Waals surface area contributed by atoms with E-state index in [1.54, 1.807) is 5.01 Å². The molecule has 0 radical (unpaired) electrons. The first-order chi connectivity index (χ1) is 11.6. The van der Waals surface area contributed by atoms with E-state index in [9.17, 15) is 4.79 Å². The molecule has 24 heavy (non-hydrogen) atoms. The van der Waals surface area contributed by atoms with Gasteiger partial charge in [0.15, 0.2) is 0 Å². The molecular formula is C18H15Br2ClN2O. The Hall–Kier alpha value is -1.17. The maximum Gasteiger partial charge on any atom is 0.244 e. The summed E-state index contributed by atoms with van der Waals surface area (Å²) in [6.07, 6.45) is 0.968. The van der Waals surface area contributed by atoms with Gasteiger partial charge in [0.25, 0.3) is 0 Å². The van der Waals surface area contributed by atoms with Crippen molar-refractivity contribution in [2.45, 2.75) is 18.9 Å². The topological polar surface area (TPSA) is 32.7 Å². The molecule has 1 unspecified atom stereocenters. The molecule has 1 amide bonds. The molecule has 0 N–H and O–H groups in total. The Balaban J connectivity index is 1.94. The van der Waals surface area contributed by atoms with Crippen molar-refractivity contribution >= 4 is 55.1 Å². The second-order valence-electron chi connectivity index (χ2n) is 5.51. The van der Waals surface area contributed by atoms with Crippen molar-refractivity contribution in [1.29, 1.82) is 0 Å². The number of hydrazone groups is 1. The lowest BCUT2D eigenvalue weighted by atomic mass is 9.98. The Morgan fingerprint density at radius 3 is 2.58 bits per heavy atom. The predicted molar refractivity (Wildman–Crippen MR) is 104 cm³/mol. The summed E-state index contributed by atoms with van der Waals surface area (Å²) in [4.78, 5) is 12.5. The second kappa shape index (κ2) is 7.81. The van der Waals surface area contributed by atoms with E-state index in [1.165, 1.54) is 0 Å². The molecule has 1 atom stereocenters. The fraction of sp³-hybridized carbons (Fsp3) is 0.222. The van der Waals surface area contributed by atoms with Crippen molar-refractivity contribution in [3.05, 3.63) is 68.6 Å². The Morgan fingerprint density at radius 2 is 1.92 bits per heavy atom. The highest BCUT2D eigenvalue weighted by Crippen LogP contribution is 2.34. The van der Waals surface area contributed by atoms with Crippen molar-refractivity contribution in [2.24, 2.45) is 5.10 Å². The van der Waals surface area contributed by atoms with Crippen molar-refractivity contribution in [1.82, 2.24) is 5.01 Å². The quantitative estimate of drug-likeness (QED) is 0.542. The van der Waals surface area contributed by atoms with Crippen molar-refractivity contribution in [3.63, 3.8) is 0 Å². The molecule has 0 saturated heterocycles. The molecule has 3 nitrogen and oxygen atoms in total. The van der Waals surface area contributed by atoms with E-state index in [0.717, 1.165) is 25.8 Å². The van der Waals surface area contributed by atoms with Crippen LogP contribution in [0.2, 0.25) is 0 Å². The molecule has 3 rings (SSSR count). The van der Waals surface area contributed by atoms with Gasteiger partial charge in [-0.05, 0) is 35.4 Å². The van der Waals surface area contributed by atoms with Crippen LogP contribution in [0.1, 0.15) is 30.0 Å². The minimum Gasteiger partial charge on any atom is -0.273 e. The van der Waals surface area contributed by atoms with Crippen LogP contribution in [0.4, 0.5) is 0 Å². The minimum atomic E-state index is -0.100. The first-order valence-corrected chi connectivity index (χ1v) is 9.67. The van der Waals surface area contributed by atoms with Crippen LogP contribution in [0, 0.1) is 0 Å². The number of hydrogen-bond donors (Lipinski definition) is 0. The third-order valence-corrected chi connectivity index (χ3v) is 5.10. The van der Waals surface area contributed by atoms with E-state index in [4.69, 9.17) is 11.6 Å². The van der Waals surface area contributed by atoms with E-state index >= 15 is 0 Å². The summed E-state index contributed by atoms with van der Waals surface area (Å²) in [5.74, 6) is 0.242. The molecule has 0 aliphatic carbocycles.